The third kappa shape index (κ3) is 4.57. The zero-order valence-corrected chi connectivity index (χ0v) is 20.6. The Balaban J connectivity index is 1.31. The Morgan fingerprint density at radius 1 is 0.971 bits per heavy atom. The summed E-state index contributed by atoms with van der Waals surface area (Å²) in [6.45, 7) is 8.12. The van der Waals surface area contributed by atoms with Crippen molar-refractivity contribution in [3.05, 3.63) is 99.6 Å². The molecule has 0 unspecified atom stereocenters. The first kappa shape index (κ1) is 22.9. The quantitative estimate of drug-likeness (QED) is 0.424. The molecule has 5 rings (SSSR count). The number of amides is 1. The summed E-state index contributed by atoms with van der Waals surface area (Å²) in [6, 6.07) is 22.7. The fourth-order valence-corrected chi connectivity index (χ4v) is 5.60. The maximum Gasteiger partial charge on any atom is 0.414 e. The minimum Gasteiger partial charge on any atom is -0.444 e. The van der Waals surface area contributed by atoms with Crippen LogP contribution in [0.1, 0.15) is 40.7 Å². The van der Waals surface area contributed by atoms with Crippen LogP contribution in [0.3, 0.4) is 0 Å². The Morgan fingerprint density at radius 3 is 2.50 bits per heavy atom. The predicted octanol–water partition coefficient (Wildman–Crippen LogP) is 6.65. The van der Waals surface area contributed by atoms with Gasteiger partial charge in [0.05, 0.1) is 5.69 Å². The molecule has 3 aromatic carbocycles. The summed E-state index contributed by atoms with van der Waals surface area (Å²) in [7, 11) is 0. The standard InChI is InChI=1S/C29H31ClN2O2/c1-21-6-5-7-23(16-21)18-31-14-12-29(13-15-31)20-32(27-11-10-22(2)17-25(27)29)28(33)34-19-24-8-3-4-9-26(24)30/h3-11,16-17H,12-15,18-20H2,1-2H3. The third-order valence-corrected chi connectivity index (χ3v) is 7.67. The Kier molecular flexibility index (Phi) is 6.37. The van der Waals surface area contributed by atoms with Crippen LogP contribution in [0.2, 0.25) is 5.02 Å². The van der Waals surface area contributed by atoms with Gasteiger partial charge in [-0.3, -0.25) is 9.80 Å². The molecule has 0 bridgehead atoms. The molecule has 1 amide bonds. The molecule has 0 N–H and O–H groups in total. The predicted molar refractivity (Wildman–Crippen MR) is 138 cm³/mol. The zero-order valence-electron chi connectivity index (χ0n) is 19.9. The normalized spacial score (nSPS) is 17.1. The van der Waals surface area contributed by atoms with Crippen molar-refractivity contribution in [2.75, 3.05) is 24.5 Å². The van der Waals surface area contributed by atoms with Gasteiger partial charge >= 0.3 is 6.09 Å². The lowest BCUT2D eigenvalue weighted by Gasteiger charge is -2.40. The van der Waals surface area contributed by atoms with Gasteiger partial charge in [-0.1, -0.05) is 77.3 Å². The molecule has 1 saturated heterocycles. The number of fused-ring (bicyclic) bond motifs is 2. The minimum atomic E-state index is -0.302. The molecule has 34 heavy (non-hydrogen) atoms. The summed E-state index contributed by atoms with van der Waals surface area (Å²) in [5.41, 5.74) is 6.97. The average Bonchev–Trinajstić information content (AvgIpc) is 3.13. The van der Waals surface area contributed by atoms with Crippen LogP contribution in [0.5, 0.6) is 0 Å². The SMILES string of the molecule is Cc1cccc(CN2CCC3(CC2)CN(C(=O)OCc2ccccc2Cl)c2ccc(C)cc23)c1. The fraction of sp³-hybridized carbons (Fsp3) is 0.345. The number of benzene rings is 3. The highest BCUT2D eigenvalue weighted by atomic mass is 35.5. The topological polar surface area (TPSA) is 32.8 Å². The first-order valence-corrected chi connectivity index (χ1v) is 12.4. The zero-order chi connectivity index (χ0) is 23.7. The second-order valence-corrected chi connectivity index (χ2v) is 10.2. The van der Waals surface area contributed by atoms with Crippen LogP contribution in [0.4, 0.5) is 10.5 Å². The maximum atomic E-state index is 13.2. The number of carbonyl (C=O) groups excluding carboxylic acids is 1. The van der Waals surface area contributed by atoms with Gasteiger partial charge in [-0.15, -0.1) is 0 Å². The summed E-state index contributed by atoms with van der Waals surface area (Å²) in [5, 5.41) is 0.616. The van der Waals surface area contributed by atoms with Crippen molar-refractivity contribution in [2.45, 2.75) is 45.3 Å². The number of hydrogen-bond donors (Lipinski definition) is 0. The van der Waals surface area contributed by atoms with Crippen molar-refractivity contribution in [2.24, 2.45) is 0 Å². The number of halogens is 1. The van der Waals surface area contributed by atoms with E-state index in [-0.39, 0.29) is 18.1 Å². The van der Waals surface area contributed by atoms with Crippen LogP contribution in [-0.2, 0) is 23.3 Å². The first-order valence-electron chi connectivity index (χ1n) is 12.0. The van der Waals surface area contributed by atoms with Crippen molar-refractivity contribution in [3.8, 4) is 0 Å². The summed E-state index contributed by atoms with van der Waals surface area (Å²) < 4.78 is 5.72. The Hall–Kier alpha value is -2.82. The van der Waals surface area contributed by atoms with Gasteiger partial charge < -0.3 is 4.74 Å². The van der Waals surface area contributed by atoms with Crippen molar-refractivity contribution in [1.29, 1.82) is 0 Å². The van der Waals surface area contributed by atoms with Gasteiger partial charge in [0.1, 0.15) is 6.61 Å². The van der Waals surface area contributed by atoms with Crippen LogP contribution in [0.15, 0.2) is 66.7 Å². The molecule has 176 valence electrons. The van der Waals surface area contributed by atoms with E-state index >= 15 is 0 Å². The number of aryl methyl sites for hydroxylation is 2. The minimum absolute atomic E-state index is 0.0200. The van der Waals surface area contributed by atoms with Gasteiger partial charge in [-0.2, -0.15) is 0 Å². The van der Waals surface area contributed by atoms with Crippen LogP contribution in [-0.4, -0.2) is 30.6 Å². The summed E-state index contributed by atoms with van der Waals surface area (Å²) in [6.07, 6.45) is 1.76. The largest absolute Gasteiger partial charge is 0.444 e. The average molecular weight is 475 g/mol. The molecule has 2 aliphatic heterocycles. The van der Waals surface area contributed by atoms with E-state index in [4.69, 9.17) is 16.3 Å². The molecule has 0 aromatic heterocycles. The van der Waals surface area contributed by atoms with Gasteiger partial charge in [-0.25, -0.2) is 4.79 Å². The lowest BCUT2D eigenvalue weighted by molar-refractivity contribution is 0.139. The van der Waals surface area contributed by atoms with Gasteiger partial charge in [0.15, 0.2) is 0 Å². The number of carbonyl (C=O) groups is 1. The van der Waals surface area contributed by atoms with Crippen molar-refractivity contribution >= 4 is 23.4 Å². The van der Waals surface area contributed by atoms with E-state index in [1.807, 2.05) is 29.2 Å². The number of rotatable bonds is 4. The second-order valence-electron chi connectivity index (χ2n) is 9.80. The van der Waals surface area contributed by atoms with Gasteiger partial charge in [0.2, 0.25) is 0 Å². The molecule has 0 saturated carbocycles. The Labute approximate surface area is 207 Å². The van der Waals surface area contributed by atoms with E-state index in [1.54, 1.807) is 0 Å². The molecule has 3 aromatic rings. The van der Waals surface area contributed by atoms with Gasteiger partial charge in [0.25, 0.3) is 0 Å². The van der Waals surface area contributed by atoms with E-state index in [0.717, 1.165) is 43.7 Å². The molecule has 0 atom stereocenters. The molecule has 4 nitrogen and oxygen atoms in total. The van der Waals surface area contributed by atoms with Gasteiger partial charge in [-0.05, 0) is 63.0 Å². The van der Waals surface area contributed by atoms with Crippen molar-refractivity contribution in [1.82, 2.24) is 4.90 Å². The lowest BCUT2D eigenvalue weighted by Crippen LogP contribution is -2.45. The third-order valence-electron chi connectivity index (χ3n) is 7.31. The van der Waals surface area contributed by atoms with E-state index in [2.05, 4.69) is 61.2 Å². The highest BCUT2D eigenvalue weighted by Gasteiger charge is 2.46. The highest BCUT2D eigenvalue weighted by molar-refractivity contribution is 6.31. The number of nitrogens with zero attached hydrogens (tertiary/aromatic N) is 2. The molecular formula is C29H31ClN2O2. The molecule has 5 heteroatoms. The van der Waals surface area contributed by atoms with Crippen molar-refractivity contribution < 1.29 is 9.53 Å². The summed E-state index contributed by atoms with van der Waals surface area (Å²) >= 11 is 6.25. The molecule has 2 aliphatic rings. The summed E-state index contributed by atoms with van der Waals surface area (Å²) in [4.78, 5) is 17.6. The van der Waals surface area contributed by atoms with Gasteiger partial charge in [0, 0.05) is 29.1 Å². The fourth-order valence-electron chi connectivity index (χ4n) is 5.41. The first-order chi connectivity index (χ1) is 16.4. The van der Waals surface area contributed by atoms with Crippen LogP contribution in [0.25, 0.3) is 0 Å². The van der Waals surface area contributed by atoms with Crippen LogP contribution in [0, 0.1) is 13.8 Å². The summed E-state index contributed by atoms with van der Waals surface area (Å²) in [5.74, 6) is 0. The molecule has 2 heterocycles. The molecule has 0 radical (unpaired) electrons. The second kappa shape index (κ2) is 9.44. The van der Waals surface area contributed by atoms with E-state index in [1.165, 1.54) is 22.3 Å². The highest BCUT2D eigenvalue weighted by Crippen LogP contribution is 2.47. The van der Waals surface area contributed by atoms with Crippen LogP contribution < -0.4 is 4.90 Å². The van der Waals surface area contributed by atoms with E-state index in [9.17, 15) is 4.79 Å². The Morgan fingerprint density at radius 2 is 1.74 bits per heavy atom. The van der Waals surface area contributed by atoms with Crippen molar-refractivity contribution in [3.63, 3.8) is 0 Å². The molecular weight excluding hydrogens is 444 g/mol. The lowest BCUT2D eigenvalue weighted by atomic mass is 9.74. The maximum absolute atomic E-state index is 13.2. The molecule has 1 fully saturated rings. The number of likely N-dealkylation sites (tertiary alicyclic amines) is 1. The number of ether oxygens (including phenoxy) is 1. The van der Waals surface area contributed by atoms with E-state index < -0.39 is 0 Å². The van der Waals surface area contributed by atoms with Crippen LogP contribution >= 0.6 is 11.6 Å². The Bertz CT molecular complexity index is 1200. The molecule has 1 spiro atoms. The number of anilines is 1. The van der Waals surface area contributed by atoms with E-state index in [0.29, 0.717) is 11.6 Å². The molecule has 0 aliphatic carbocycles. The smallest absolute Gasteiger partial charge is 0.414 e. The number of hydrogen-bond acceptors (Lipinski definition) is 3. The number of piperidine rings is 1. The monoisotopic (exact) mass is 474 g/mol.